The fraction of sp³-hybridized carbons (Fsp3) is 0.625. The van der Waals surface area contributed by atoms with E-state index < -0.39 is 0 Å². The highest BCUT2D eigenvalue weighted by Gasteiger charge is 2.26. The first-order valence-corrected chi connectivity index (χ1v) is 7.36. The van der Waals surface area contributed by atoms with Gasteiger partial charge in [-0.05, 0) is 55.3 Å². The van der Waals surface area contributed by atoms with E-state index >= 15 is 0 Å². The van der Waals surface area contributed by atoms with E-state index in [2.05, 4.69) is 30.4 Å². The maximum absolute atomic E-state index is 5.58. The fourth-order valence-corrected chi connectivity index (χ4v) is 3.28. The maximum Gasteiger partial charge on any atom is 0.122 e. The molecule has 0 amide bonds. The van der Waals surface area contributed by atoms with Crippen LogP contribution < -0.4 is 10.1 Å². The van der Waals surface area contributed by atoms with Crippen LogP contribution in [0.5, 0.6) is 5.75 Å². The van der Waals surface area contributed by atoms with Crippen LogP contribution in [-0.2, 0) is 6.42 Å². The molecule has 0 bridgehead atoms. The van der Waals surface area contributed by atoms with E-state index in [1.807, 2.05) is 0 Å². The predicted octanol–water partition coefficient (Wildman–Crippen LogP) is 3.26. The van der Waals surface area contributed by atoms with Crippen molar-refractivity contribution in [2.45, 2.75) is 51.0 Å². The molecule has 1 saturated carbocycles. The predicted molar refractivity (Wildman–Crippen MR) is 74.3 cm³/mol. The minimum absolute atomic E-state index is 0.736. The zero-order valence-electron chi connectivity index (χ0n) is 11.2. The Labute approximate surface area is 110 Å². The van der Waals surface area contributed by atoms with E-state index in [9.17, 15) is 0 Å². The second kappa shape index (κ2) is 5.31. The zero-order chi connectivity index (χ0) is 12.4. The summed E-state index contributed by atoms with van der Waals surface area (Å²) in [6.07, 6.45) is 6.30. The van der Waals surface area contributed by atoms with Crippen molar-refractivity contribution >= 4 is 0 Å². The van der Waals surface area contributed by atoms with Crippen LogP contribution in [0.25, 0.3) is 0 Å². The summed E-state index contributed by atoms with van der Waals surface area (Å²) in [5.74, 6) is 1.86. The smallest absolute Gasteiger partial charge is 0.122 e. The molecular formula is C16H23NO. The molecule has 2 nitrogen and oxygen atoms in total. The number of fused-ring (bicyclic) bond motifs is 1. The summed E-state index contributed by atoms with van der Waals surface area (Å²) in [7, 11) is 0. The van der Waals surface area contributed by atoms with Crippen molar-refractivity contribution < 1.29 is 4.74 Å². The molecule has 3 rings (SSSR count). The molecule has 1 aromatic rings. The summed E-state index contributed by atoms with van der Waals surface area (Å²) in [5.41, 5.74) is 2.94. The van der Waals surface area contributed by atoms with Crippen LogP contribution in [0.1, 0.15) is 49.7 Å². The van der Waals surface area contributed by atoms with Crippen LogP contribution in [-0.4, -0.2) is 19.2 Å². The molecule has 0 radical (unpaired) electrons. The molecule has 18 heavy (non-hydrogen) atoms. The SMILES string of the molecule is CCCNC1CCC(c2ccc3c(c2)CCO3)C1. The highest BCUT2D eigenvalue weighted by atomic mass is 16.5. The first-order valence-electron chi connectivity index (χ1n) is 7.36. The van der Waals surface area contributed by atoms with Gasteiger partial charge in [-0.15, -0.1) is 0 Å². The van der Waals surface area contributed by atoms with Gasteiger partial charge in [0.1, 0.15) is 5.75 Å². The van der Waals surface area contributed by atoms with E-state index in [4.69, 9.17) is 4.74 Å². The maximum atomic E-state index is 5.58. The zero-order valence-corrected chi connectivity index (χ0v) is 11.2. The Hall–Kier alpha value is -1.02. The van der Waals surface area contributed by atoms with Crippen molar-refractivity contribution in [2.75, 3.05) is 13.2 Å². The van der Waals surface area contributed by atoms with Gasteiger partial charge in [-0.25, -0.2) is 0 Å². The van der Waals surface area contributed by atoms with E-state index in [0.29, 0.717) is 0 Å². The molecule has 1 heterocycles. The normalized spacial score (nSPS) is 26.1. The second-order valence-electron chi connectivity index (χ2n) is 5.63. The van der Waals surface area contributed by atoms with Crippen LogP contribution in [0.3, 0.4) is 0 Å². The third-order valence-corrected chi connectivity index (χ3v) is 4.30. The van der Waals surface area contributed by atoms with E-state index in [1.165, 1.54) is 36.8 Å². The summed E-state index contributed by atoms with van der Waals surface area (Å²) < 4.78 is 5.58. The largest absolute Gasteiger partial charge is 0.493 e. The van der Waals surface area contributed by atoms with Gasteiger partial charge >= 0.3 is 0 Å². The lowest BCUT2D eigenvalue weighted by atomic mass is 9.95. The third-order valence-electron chi connectivity index (χ3n) is 4.30. The molecule has 2 unspecified atom stereocenters. The van der Waals surface area contributed by atoms with E-state index in [-0.39, 0.29) is 0 Å². The number of rotatable bonds is 4. The standard InChI is InChI=1S/C16H23NO/c1-2-8-17-15-5-3-13(11-15)12-4-6-16-14(10-12)7-9-18-16/h4,6,10,13,15,17H,2-3,5,7-9,11H2,1H3. The third kappa shape index (κ3) is 2.39. The molecule has 1 aliphatic carbocycles. The summed E-state index contributed by atoms with van der Waals surface area (Å²) in [4.78, 5) is 0. The van der Waals surface area contributed by atoms with Gasteiger partial charge in [0.15, 0.2) is 0 Å². The van der Waals surface area contributed by atoms with Crippen LogP contribution in [0, 0.1) is 0 Å². The summed E-state index contributed by atoms with van der Waals surface area (Å²) >= 11 is 0. The Morgan fingerprint density at radius 1 is 1.33 bits per heavy atom. The lowest BCUT2D eigenvalue weighted by molar-refractivity contribution is 0.357. The Morgan fingerprint density at radius 3 is 3.17 bits per heavy atom. The molecule has 2 atom stereocenters. The highest BCUT2D eigenvalue weighted by Crippen LogP contribution is 2.37. The summed E-state index contributed by atoms with van der Waals surface area (Å²) in [5, 5.41) is 3.66. The van der Waals surface area contributed by atoms with E-state index in [1.54, 1.807) is 0 Å². The fourth-order valence-electron chi connectivity index (χ4n) is 3.28. The molecule has 0 aromatic heterocycles. The molecule has 1 fully saturated rings. The number of hydrogen-bond donors (Lipinski definition) is 1. The van der Waals surface area contributed by atoms with Crippen molar-refractivity contribution in [1.29, 1.82) is 0 Å². The van der Waals surface area contributed by atoms with Gasteiger partial charge in [-0.3, -0.25) is 0 Å². The van der Waals surface area contributed by atoms with Crippen LogP contribution in [0.15, 0.2) is 18.2 Å². The van der Waals surface area contributed by atoms with Crippen LogP contribution >= 0.6 is 0 Å². The summed E-state index contributed by atoms with van der Waals surface area (Å²) in [6.45, 7) is 4.26. The molecule has 2 aliphatic rings. The van der Waals surface area contributed by atoms with Gasteiger partial charge in [-0.1, -0.05) is 19.1 Å². The van der Waals surface area contributed by atoms with Gasteiger partial charge in [0.25, 0.3) is 0 Å². The van der Waals surface area contributed by atoms with Gasteiger partial charge in [0, 0.05) is 12.5 Å². The van der Waals surface area contributed by atoms with Crippen molar-refractivity contribution in [2.24, 2.45) is 0 Å². The molecule has 98 valence electrons. The van der Waals surface area contributed by atoms with Crippen LogP contribution in [0.2, 0.25) is 0 Å². The first-order chi connectivity index (χ1) is 8.86. The molecule has 1 aliphatic heterocycles. The average Bonchev–Trinajstić information content (AvgIpc) is 3.04. The topological polar surface area (TPSA) is 21.3 Å². The van der Waals surface area contributed by atoms with Gasteiger partial charge < -0.3 is 10.1 Å². The quantitative estimate of drug-likeness (QED) is 0.879. The molecular weight excluding hydrogens is 222 g/mol. The minimum Gasteiger partial charge on any atom is -0.493 e. The highest BCUT2D eigenvalue weighted by molar-refractivity contribution is 5.41. The van der Waals surface area contributed by atoms with E-state index in [0.717, 1.165) is 37.3 Å². The molecule has 1 N–H and O–H groups in total. The molecule has 0 saturated heterocycles. The van der Waals surface area contributed by atoms with Gasteiger partial charge in [-0.2, -0.15) is 0 Å². The monoisotopic (exact) mass is 245 g/mol. The Bertz CT molecular complexity index is 416. The lowest BCUT2D eigenvalue weighted by Gasteiger charge is -2.13. The Balaban J connectivity index is 1.65. The number of nitrogens with one attached hydrogen (secondary N) is 1. The number of hydrogen-bond acceptors (Lipinski definition) is 2. The minimum atomic E-state index is 0.736. The van der Waals surface area contributed by atoms with Crippen molar-refractivity contribution in [1.82, 2.24) is 5.32 Å². The molecule has 2 heteroatoms. The number of benzene rings is 1. The van der Waals surface area contributed by atoms with Crippen molar-refractivity contribution in [3.8, 4) is 5.75 Å². The Morgan fingerprint density at radius 2 is 2.28 bits per heavy atom. The first kappa shape index (κ1) is 12.0. The van der Waals surface area contributed by atoms with Gasteiger partial charge in [0.2, 0.25) is 0 Å². The van der Waals surface area contributed by atoms with Gasteiger partial charge in [0.05, 0.1) is 6.61 Å². The molecule has 1 aromatic carbocycles. The summed E-state index contributed by atoms with van der Waals surface area (Å²) in [6, 6.07) is 7.57. The molecule has 0 spiro atoms. The Kier molecular flexibility index (Phi) is 3.55. The average molecular weight is 245 g/mol. The number of ether oxygens (including phenoxy) is 1. The van der Waals surface area contributed by atoms with Crippen LogP contribution in [0.4, 0.5) is 0 Å². The second-order valence-corrected chi connectivity index (χ2v) is 5.63. The van der Waals surface area contributed by atoms with Crippen molar-refractivity contribution in [3.63, 3.8) is 0 Å². The lowest BCUT2D eigenvalue weighted by Crippen LogP contribution is -2.26. The van der Waals surface area contributed by atoms with Crippen molar-refractivity contribution in [3.05, 3.63) is 29.3 Å².